The second-order valence-corrected chi connectivity index (χ2v) is 5.76. The van der Waals surface area contributed by atoms with E-state index in [0.29, 0.717) is 28.0 Å². The van der Waals surface area contributed by atoms with Crippen molar-refractivity contribution in [1.82, 2.24) is 19.6 Å². The normalized spacial score (nSPS) is 11.7. The van der Waals surface area contributed by atoms with Gasteiger partial charge < -0.3 is 4.74 Å². The zero-order chi connectivity index (χ0) is 19.1. The molecule has 136 valence electrons. The highest BCUT2D eigenvalue weighted by molar-refractivity contribution is 7.80. The molecular formula is C15H11F3N4O3S. The molecule has 0 atom stereocenters. The van der Waals surface area contributed by atoms with Crippen LogP contribution in [0.25, 0.3) is 16.8 Å². The number of esters is 1. The minimum absolute atomic E-state index is 0.124. The standard InChI is InChI=1S/C15H11F3N4O3S/c1-7-10(11-19-13(26)20-14(24)22(11)21-7)9-4-2-8(3-5-9)6-25-12(23)15(16,17)18/h2-5H,6H2,1H3,(H2,19,20,24,26). The van der Waals surface area contributed by atoms with Crippen LogP contribution in [0.15, 0.2) is 34.2 Å². The van der Waals surface area contributed by atoms with Crippen LogP contribution in [-0.4, -0.2) is 31.7 Å². The second kappa shape index (κ2) is 6.48. The number of nitrogens with zero attached hydrogens (tertiary/aromatic N) is 3. The lowest BCUT2D eigenvalue weighted by molar-refractivity contribution is -0.201. The number of hydrogen-bond donors (Lipinski definition) is 2. The number of halogens is 3. The zero-order valence-electron chi connectivity index (χ0n) is 13.2. The van der Waals surface area contributed by atoms with Crippen LogP contribution in [0.4, 0.5) is 13.2 Å². The molecule has 26 heavy (non-hydrogen) atoms. The Morgan fingerprint density at radius 2 is 1.96 bits per heavy atom. The van der Waals surface area contributed by atoms with E-state index in [1.54, 1.807) is 19.1 Å². The van der Waals surface area contributed by atoms with Gasteiger partial charge in [-0.25, -0.2) is 14.6 Å². The number of nitrogens with one attached hydrogen (secondary N) is 1. The Hall–Kier alpha value is -2.82. The maximum absolute atomic E-state index is 12.1. The van der Waals surface area contributed by atoms with Crippen LogP contribution >= 0.6 is 12.6 Å². The Morgan fingerprint density at radius 3 is 2.58 bits per heavy atom. The fraction of sp³-hybridized carbons (Fsp3) is 0.200. The summed E-state index contributed by atoms with van der Waals surface area (Å²) in [4.78, 5) is 29.2. The number of thiol groups is 1. The number of H-pyrrole nitrogens is 1. The number of carbonyl (C=O) groups is 1. The number of aryl methyl sites for hydroxylation is 1. The topological polar surface area (TPSA) is 89.3 Å². The predicted octanol–water partition coefficient (Wildman–Crippen LogP) is 2.29. The maximum Gasteiger partial charge on any atom is 0.490 e. The average molecular weight is 384 g/mol. The highest BCUT2D eigenvalue weighted by atomic mass is 32.1. The predicted molar refractivity (Wildman–Crippen MR) is 86.9 cm³/mol. The molecule has 0 aliphatic carbocycles. The molecule has 0 fully saturated rings. The van der Waals surface area contributed by atoms with Gasteiger partial charge >= 0.3 is 17.8 Å². The molecule has 0 spiro atoms. The maximum atomic E-state index is 12.1. The molecule has 0 unspecified atom stereocenters. The van der Waals surface area contributed by atoms with Crippen molar-refractivity contribution in [2.24, 2.45) is 0 Å². The number of ether oxygens (including phenoxy) is 1. The van der Waals surface area contributed by atoms with Gasteiger partial charge in [0.15, 0.2) is 10.8 Å². The van der Waals surface area contributed by atoms with Gasteiger partial charge in [0.25, 0.3) is 0 Å². The van der Waals surface area contributed by atoms with Crippen molar-refractivity contribution < 1.29 is 22.7 Å². The van der Waals surface area contributed by atoms with Crippen molar-refractivity contribution in [2.45, 2.75) is 24.9 Å². The van der Waals surface area contributed by atoms with Gasteiger partial charge in [-0.3, -0.25) is 4.98 Å². The fourth-order valence-electron chi connectivity index (χ4n) is 2.37. The van der Waals surface area contributed by atoms with Crippen molar-refractivity contribution >= 4 is 24.2 Å². The molecule has 0 aliphatic heterocycles. The first-order valence-electron chi connectivity index (χ1n) is 7.18. The molecule has 7 nitrogen and oxygen atoms in total. The van der Waals surface area contributed by atoms with Gasteiger partial charge in [-0.05, 0) is 18.1 Å². The lowest BCUT2D eigenvalue weighted by atomic mass is 10.0. The third-order valence-electron chi connectivity index (χ3n) is 3.50. The number of aromatic amines is 1. The van der Waals surface area contributed by atoms with E-state index in [2.05, 4.69) is 32.4 Å². The summed E-state index contributed by atoms with van der Waals surface area (Å²) in [7, 11) is 0. The highest BCUT2D eigenvalue weighted by Crippen LogP contribution is 2.27. The molecule has 0 saturated carbocycles. The van der Waals surface area contributed by atoms with E-state index >= 15 is 0 Å². The minimum Gasteiger partial charge on any atom is -0.454 e. The van der Waals surface area contributed by atoms with E-state index in [0.717, 1.165) is 4.52 Å². The fourth-order valence-corrected chi connectivity index (χ4v) is 2.56. The summed E-state index contributed by atoms with van der Waals surface area (Å²) in [6, 6.07) is 6.25. The monoisotopic (exact) mass is 384 g/mol. The summed E-state index contributed by atoms with van der Waals surface area (Å²) >= 11 is 4.04. The van der Waals surface area contributed by atoms with Gasteiger partial charge in [0.1, 0.15) is 6.61 Å². The van der Waals surface area contributed by atoms with E-state index in [1.165, 1.54) is 12.1 Å². The summed E-state index contributed by atoms with van der Waals surface area (Å²) in [5, 5.41) is 4.25. The van der Waals surface area contributed by atoms with E-state index in [-0.39, 0.29) is 5.16 Å². The third-order valence-corrected chi connectivity index (χ3v) is 3.71. The lowest BCUT2D eigenvalue weighted by Gasteiger charge is -2.08. The van der Waals surface area contributed by atoms with Crippen molar-refractivity contribution in [1.29, 1.82) is 0 Å². The molecule has 0 amide bonds. The molecular weight excluding hydrogens is 373 g/mol. The van der Waals surface area contributed by atoms with Gasteiger partial charge in [0.05, 0.1) is 5.69 Å². The van der Waals surface area contributed by atoms with E-state index in [4.69, 9.17) is 0 Å². The van der Waals surface area contributed by atoms with Crippen LogP contribution in [0.5, 0.6) is 0 Å². The number of benzene rings is 1. The Kier molecular flexibility index (Phi) is 4.48. The van der Waals surface area contributed by atoms with Crippen LogP contribution in [0, 0.1) is 6.92 Å². The van der Waals surface area contributed by atoms with Crippen LogP contribution in [0.3, 0.4) is 0 Å². The smallest absolute Gasteiger partial charge is 0.454 e. The first kappa shape index (κ1) is 18.0. The lowest BCUT2D eigenvalue weighted by Crippen LogP contribution is -2.25. The van der Waals surface area contributed by atoms with E-state index in [9.17, 15) is 22.8 Å². The second-order valence-electron chi connectivity index (χ2n) is 5.33. The first-order chi connectivity index (χ1) is 12.2. The third kappa shape index (κ3) is 3.43. The summed E-state index contributed by atoms with van der Waals surface area (Å²) in [6.45, 7) is 1.19. The summed E-state index contributed by atoms with van der Waals surface area (Å²) in [6.07, 6.45) is -5.03. The van der Waals surface area contributed by atoms with Crippen molar-refractivity contribution in [2.75, 3.05) is 0 Å². The first-order valence-corrected chi connectivity index (χ1v) is 7.63. The highest BCUT2D eigenvalue weighted by Gasteiger charge is 2.40. The largest absolute Gasteiger partial charge is 0.490 e. The molecule has 0 radical (unpaired) electrons. The summed E-state index contributed by atoms with van der Waals surface area (Å²) in [5.74, 6) is -2.25. The van der Waals surface area contributed by atoms with Gasteiger partial charge in [-0.1, -0.05) is 24.3 Å². The Balaban J connectivity index is 1.90. The van der Waals surface area contributed by atoms with Crippen molar-refractivity contribution in [3.05, 3.63) is 46.0 Å². The van der Waals surface area contributed by atoms with Gasteiger partial charge in [-0.2, -0.15) is 22.8 Å². The van der Waals surface area contributed by atoms with Crippen LogP contribution < -0.4 is 5.69 Å². The Labute approximate surface area is 149 Å². The molecule has 1 aromatic carbocycles. The molecule has 11 heteroatoms. The van der Waals surface area contributed by atoms with Crippen LogP contribution in [0.1, 0.15) is 11.3 Å². The molecule has 0 bridgehead atoms. The zero-order valence-corrected chi connectivity index (χ0v) is 14.1. The molecule has 2 aromatic heterocycles. The molecule has 3 aromatic rings. The SMILES string of the molecule is Cc1nn2c(=O)[nH]c(S)nc2c1-c1ccc(COC(=O)C(F)(F)F)cc1. The molecule has 3 rings (SSSR count). The van der Waals surface area contributed by atoms with E-state index in [1.807, 2.05) is 0 Å². The van der Waals surface area contributed by atoms with Gasteiger partial charge in [0, 0.05) is 5.56 Å². The number of carbonyl (C=O) groups excluding carboxylic acids is 1. The molecule has 2 heterocycles. The van der Waals surface area contributed by atoms with Crippen molar-refractivity contribution in [3.63, 3.8) is 0 Å². The number of rotatable bonds is 3. The molecule has 0 aliphatic rings. The van der Waals surface area contributed by atoms with E-state index < -0.39 is 24.4 Å². The molecule has 0 saturated heterocycles. The molecule has 1 N–H and O–H groups in total. The number of aromatic nitrogens is 4. The number of fused-ring (bicyclic) bond motifs is 1. The number of alkyl halides is 3. The number of hydrogen-bond acceptors (Lipinski definition) is 6. The van der Waals surface area contributed by atoms with Gasteiger partial charge in [0.2, 0.25) is 0 Å². The van der Waals surface area contributed by atoms with Crippen molar-refractivity contribution in [3.8, 4) is 11.1 Å². The Bertz CT molecular complexity index is 1040. The summed E-state index contributed by atoms with van der Waals surface area (Å²) in [5.41, 5.74) is 1.95. The minimum atomic E-state index is -5.03. The van der Waals surface area contributed by atoms with Crippen LogP contribution in [0.2, 0.25) is 0 Å². The van der Waals surface area contributed by atoms with Crippen LogP contribution in [-0.2, 0) is 16.1 Å². The van der Waals surface area contributed by atoms with Gasteiger partial charge in [-0.15, -0.1) is 12.6 Å². The quantitative estimate of drug-likeness (QED) is 0.534. The average Bonchev–Trinajstić information content (AvgIpc) is 2.88. The Morgan fingerprint density at radius 1 is 1.31 bits per heavy atom. The summed E-state index contributed by atoms with van der Waals surface area (Å²) < 4.78 is 41.7.